The van der Waals surface area contributed by atoms with Gasteiger partial charge >= 0.3 is 0 Å². The van der Waals surface area contributed by atoms with Gasteiger partial charge in [0, 0.05) is 32.3 Å². The van der Waals surface area contributed by atoms with Crippen LogP contribution < -0.4 is 5.32 Å². The Morgan fingerprint density at radius 2 is 2.21 bits per heavy atom. The zero-order chi connectivity index (χ0) is 10.6. The molecule has 0 aromatic heterocycles. The van der Waals surface area contributed by atoms with Crippen molar-refractivity contribution in [3.8, 4) is 0 Å². The van der Waals surface area contributed by atoms with E-state index in [9.17, 15) is 0 Å². The smallest absolute Gasteiger partial charge is 0.0446 e. The average Bonchev–Trinajstić information content (AvgIpc) is 2.25. The molecule has 1 saturated heterocycles. The first-order valence-electron chi connectivity index (χ1n) is 5.64. The zero-order valence-corrected chi connectivity index (χ0v) is 9.71. The van der Waals surface area contributed by atoms with E-state index in [4.69, 9.17) is 5.11 Å². The molecule has 3 nitrogen and oxygen atoms in total. The van der Waals surface area contributed by atoms with Gasteiger partial charge in [0.15, 0.2) is 0 Å². The fourth-order valence-electron chi connectivity index (χ4n) is 2.24. The number of aliphatic hydroxyl groups is 1. The monoisotopic (exact) mass is 200 g/mol. The van der Waals surface area contributed by atoms with Crippen molar-refractivity contribution < 1.29 is 5.11 Å². The van der Waals surface area contributed by atoms with Gasteiger partial charge in [-0.3, -0.25) is 4.90 Å². The van der Waals surface area contributed by atoms with Gasteiger partial charge in [0.2, 0.25) is 0 Å². The zero-order valence-electron chi connectivity index (χ0n) is 9.71. The molecule has 0 aliphatic carbocycles. The van der Waals surface area contributed by atoms with Gasteiger partial charge in [0.1, 0.15) is 0 Å². The highest BCUT2D eigenvalue weighted by Crippen LogP contribution is 2.20. The third-order valence-corrected chi connectivity index (χ3v) is 3.00. The fraction of sp³-hybridized carbons (Fsp3) is 1.00. The van der Waals surface area contributed by atoms with Crippen molar-refractivity contribution in [1.82, 2.24) is 10.2 Å². The van der Waals surface area contributed by atoms with E-state index in [1.54, 1.807) is 0 Å². The molecule has 1 aliphatic heterocycles. The molecule has 0 aromatic carbocycles. The largest absolute Gasteiger partial charge is 0.396 e. The van der Waals surface area contributed by atoms with Crippen molar-refractivity contribution in [2.45, 2.75) is 33.2 Å². The molecule has 1 rings (SSSR count). The van der Waals surface area contributed by atoms with Crippen molar-refractivity contribution in [2.75, 3.05) is 32.8 Å². The number of nitrogens with zero attached hydrogens (tertiary/aromatic N) is 1. The Morgan fingerprint density at radius 1 is 1.50 bits per heavy atom. The van der Waals surface area contributed by atoms with Crippen LogP contribution in [0.3, 0.4) is 0 Å². The van der Waals surface area contributed by atoms with Crippen LogP contribution in [0.1, 0.15) is 27.2 Å². The molecule has 84 valence electrons. The summed E-state index contributed by atoms with van der Waals surface area (Å²) in [4.78, 5) is 2.48. The summed E-state index contributed by atoms with van der Waals surface area (Å²) in [6.07, 6.45) is 0.886. The summed E-state index contributed by atoms with van der Waals surface area (Å²) >= 11 is 0. The van der Waals surface area contributed by atoms with Crippen molar-refractivity contribution in [3.63, 3.8) is 0 Å². The highest BCUT2D eigenvalue weighted by atomic mass is 16.3. The molecular formula is C11H24N2O. The minimum absolute atomic E-state index is 0.295. The highest BCUT2D eigenvalue weighted by molar-refractivity contribution is 4.85. The van der Waals surface area contributed by atoms with E-state index in [0.29, 0.717) is 18.1 Å². The summed E-state index contributed by atoms with van der Waals surface area (Å²) in [6, 6.07) is 0.506. The molecule has 0 aromatic rings. The van der Waals surface area contributed by atoms with Gasteiger partial charge in [-0.1, -0.05) is 20.8 Å². The Balaban J connectivity index is 2.59. The number of hydrogen-bond acceptors (Lipinski definition) is 3. The molecule has 0 amide bonds. The van der Waals surface area contributed by atoms with Gasteiger partial charge in [-0.15, -0.1) is 0 Å². The van der Waals surface area contributed by atoms with Gasteiger partial charge < -0.3 is 10.4 Å². The minimum atomic E-state index is 0.295. The third-order valence-electron chi connectivity index (χ3n) is 3.00. The molecule has 2 N–H and O–H groups in total. The van der Waals surface area contributed by atoms with E-state index in [1.807, 2.05) is 0 Å². The molecule has 0 bridgehead atoms. The predicted octanol–water partition coefficient (Wildman–Crippen LogP) is 0.689. The number of rotatable bonds is 3. The predicted molar refractivity (Wildman–Crippen MR) is 59.4 cm³/mol. The number of aliphatic hydroxyl groups excluding tert-OH is 1. The molecule has 1 unspecified atom stereocenters. The number of likely N-dealkylation sites (N-methyl/N-ethyl adjacent to an activating group) is 1. The number of nitrogens with one attached hydrogen (secondary N) is 1. The molecule has 14 heavy (non-hydrogen) atoms. The maximum atomic E-state index is 9.00. The Kier molecular flexibility index (Phi) is 4.35. The lowest BCUT2D eigenvalue weighted by molar-refractivity contribution is 0.139. The summed E-state index contributed by atoms with van der Waals surface area (Å²) < 4.78 is 0. The molecule has 1 heterocycles. The Morgan fingerprint density at radius 3 is 2.79 bits per heavy atom. The lowest BCUT2D eigenvalue weighted by Crippen LogP contribution is -2.41. The third kappa shape index (κ3) is 3.23. The second-order valence-corrected chi connectivity index (χ2v) is 5.02. The van der Waals surface area contributed by atoms with E-state index in [2.05, 4.69) is 31.0 Å². The van der Waals surface area contributed by atoms with Crippen molar-refractivity contribution in [1.29, 1.82) is 0 Å². The molecule has 1 fully saturated rings. The molecule has 3 heteroatoms. The van der Waals surface area contributed by atoms with Crippen LogP contribution in [0.4, 0.5) is 0 Å². The topological polar surface area (TPSA) is 35.5 Å². The summed E-state index contributed by atoms with van der Waals surface area (Å²) in [5, 5.41) is 12.5. The molecule has 0 saturated carbocycles. The Hall–Kier alpha value is -0.120. The molecule has 0 radical (unpaired) electrons. The van der Waals surface area contributed by atoms with E-state index < -0.39 is 0 Å². The minimum Gasteiger partial charge on any atom is -0.396 e. The Labute approximate surface area is 87.5 Å². The second kappa shape index (κ2) is 5.10. The van der Waals surface area contributed by atoms with Gasteiger partial charge in [0.05, 0.1) is 0 Å². The van der Waals surface area contributed by atoms with Crippen LogP contribution in [-0.2, 0) is 0 Å². The van der Waals surface area contributed by atoms with Crippen LogP contribution in [-0.4, -0.2) is 48.8 Å². The SMILES string of the molecule is CCN1CC(C)(C)CNCC1CCO. The van der Waals surface area contributed by atoms with Crippen molar-refractivity contribution in [2.24, 2.45) is 5.41 Å². The standard InChI is InChI=1S/C11H24N2O/c1-4-13-9-11(2,3)8-12-7-10(13)5-6-14/h10,12,14H,4-9H2,1-3H3. The van der Waals surface area contributed by atoms with Crippen LogP contribution in [0.15, 0.2) is 0 Å². The average molecular weight is 200 g/mol. The lowest BCUT2D eigenvalue weighted by atomic mass is 9.93. The maximum Gasteiger partial charge on any atom is 0.0446 e. The van der Waals surface area contributed by atoms with Crippen molar-refractivity contribution in [3.05, 3.63) is 0 Å². The van der Waals surface area contributed by atoms with Gasteiger partial charge in [-0.2, -0.15) is 0 Å². The van der Waals surface area contributed by atoms with Gasteiger partial charge in [-0.25, -0.2) is 0 Å². The van der Waals surface area contributed by atoms with Crippen LogP contribution in [0.25, 0.3) is 0 Å². The lowest BCUT2D eigenvalue weighted by Gasteiger charge is -2.32. The maximum absolute atomic E-state index is 9.00. The summed E-state index contributed by atoms with van der Waals surface area (Å²) in [6.45, 7) is 11.4. The fourth-order valence-corrected chi connectivity index (χ4v) is 2.24. The first-order chi connectivity index (χ1) is 6.59. The molecule has 0 spiro atoms. The summed E-state index contributed by atoms with van der Waals surface area (Å²) in [5.41, 5.74) is 0.347. The van der Waals surface area contributed by atoms with Crippen LogP contribution in [0.5, 0.6) is 0 Å². The molecule has 1 aliphatic rings. The highest BCUT2D eigenvalue weighted by Gasteiger charge is 2.28. The normalized spacial score (nSPS) is 28.7. The van der Waals surface area contributed by atoms with Gasteiger partial charge in [-0.05, 0) is 18.4 Å². The van der Waals surface area contributed by atoms with E-state index in [-0.39, 0.29) is 0 Å². The summed E-state index contributed by atoms with van der Waals surface area (Å²) in [5.74, 6) is 0. The quantitative estimate of drug-likeness (QED) is 0.703. The first-order valence-corrected chi connectivity index (χ1v) is 5.64. The number of hydrogen-bond donors (Lipinski definition) is 2. The van der Waals surface area contributed by atoms with E-state index in [1.165, 1.54) is 0 Å². The van der Waals surface area contributed by atoms with Crippen LogP contribution >= 0.6 is 0 Å². The van der Waals surface area contributed by atoms with Gasteiger partial charge in [0.25, 0.3) is 0 Å². The summed E-state index contributed by atoms with van der Waals surface area (Å²) in [7, 11) is 0. The van der Waals surface area contributed by atoms with Crippen LogP contribution in [0.2, 0.25) is 0 Å². The Bertz CT molecular complexity index is 171. The van der Waals surface area contributed by atoms with Crippen LogP contribution in [0, 0.1) is 5.41 Å². The molecular weight excluding hydrogens is 176 g/mol. The first kappa shape index (κ1) is 12.0. The van der Waals surface area contributed by atoms with Crippen molar-refractivity contribution >= 4 is 0 Å². The second-order valence-electron chi connectivity index (χ2n) is 5.02. The van der Waals surface area contributed by atoms with E-state index in [0.717, 1.165) is 32.6 Å². The molecule has 1 atom stereocenters. The van der Waals surface area contributed by atoms with E-state index >= 15 is 0 Å².